The molecule has 0 aliphatic rings. The topological polar surface area (TPSA) is 97.4 Å². The first-order valence-corrected chi connectivity index (χ1v) is 8.26. The molecule has 0 saturated heterocycles. The quantitative estimate of drug-likeness (QED) is 0.547. The minimum absolute atomic E-state index is 0.265. The summed E-state index contributed by atoms with van der Waals surface area (Å²) in [5.41, 5.74) is 5.68. The third-order valence-corrected chi connectivity index (χ3v) is 3.84. The summed E-state index contributed by atoms with van der Waals surface area (Å²) >= 11 is 0. The van der Waals surface area contributed by atoms with E-state index in [9.17, 15) is 14.4 Å². The van der Waals surface area contributed by atoms with Gasteiger partial charge < -0.3 is 4.74 Å². The Hall–Kier alpha value is -3.74. The SMILES string of the molecule is C[C@@H](OC(=O)c1cccc2cccnc12)C(=O)NNC(=O)c1ccccc1. The molecule has 3 aromatic rings. The Morgan fingerprint density at radius 2 is 1.67 bits per heavy atom. The number of ether oxygens (including phenoxy) is 1. The average Bonchev–Trinajstić information content (AvgIpc) is 2.71. The minimum Gasteiger partial charge on any atom is -0.449 e. The van der Waals surface area contributed by atoms with Crippen molar-refractivity contribution in [2.45, 2.75) is 13.0 Å². The number of amides is 2. The number of aromatic nitrogens is 1. The maximum absolute atomic E-state index is 12.4. The second-order valence-electron chi connectivity index (χ2n) is 5.74. The van der Waals surface area contributed by atoms with Gasteiger partial charge in [-0.05, 0) is 31.2 Å². The number of pyridine rings is 1. The highest BCUT2D eigenvalue weighted by atomic mass is 16.5. The minimum atomic E-state index is -1.10. The van der Waals surface area contributed by atoms with E-state index in [1.165, 1.54) is 6.92 Å². The van der Waals surface area contributed by atoms with Crippen LogP contribution in [0.3, 0.4) is 0 Å². The molecule has 1 heterocycles. The fourth-order valence-corrected chi connectivity index (χ4v) is 2.43. The monoisotopic (exact) mass is 363 g/mol. The third-order valence-electron chi connectivity index (χ3n) is 3.84. The van der Waals surface area contributed by atoms with Crippen LogP contribution in [0.25, 0.3) is 10.9 Å². The molecule has 7 nitrogen and oxygen atoms in total. The molecule has 1 atom stereocenters. The van der Waals surface area contributed by atoms with E-state index >= 15 is 0 Å². The second-order valence-corrected chi connectivity index (χ2v) is 5.74. The zero-order valence-electron chi connectivity index (χ0n) is 14.5. The van der Waals surface area contributed by atoms with Gasteiger partial charge in [0.05, 0.1) is 11.1 Å². The number of nitrogens with zero attached hydrogens (tertiary/aromatic N) is 1. The van der Waals surface area contributed by atoms with E-state index in [2.05, 4.69) is 15.8 Å². The van der Waals surface area contributed by atoms with Crippen molar-refractivity contribution in [3.05, 3.63) is 78.0 Å². The predicted molar refractivity (Wildman–Crippen MR) is 98.7 cm³/mol. The first kappa shape index (κ1) is 18.1. The van der Waals surface area contributed by atoms with E-state index in [0.29, 0.717) is 11.1 Å². The molecule has 7 heteroatoms. The summed E-state index contributed by atoms with van der Waals surface area (Å²) in [5.74, 6) is -1.79. The van der Waals surface area contributed by atoms with Crippen LogP contribution in [0.2, 0.25) is 0 Å². The fraction of sp³-hybridized carbons (Fsp3) is 0.100. The molecule has 0 fully saturated rings. The predicted octanol–water partition coefficient (Wildman–Crippen LogP) is 2.24. The Kier molecular flexibility index (Phi) is 5.41. The summed E-state index contributed by atoms with van der Waals surface area (Å²) in [5, 5.41) is 0.791. The average molecular weight is 363 g/mol. The standard InChI is InChI=1S/C20H17N3O4/c1-13(18(24)22-23-19(25)15-7-3-2-4-8-15)27-20(26)16-11-5-9-14-10-6-12-21-17(14)16/h2-13H,1H3,(H,22,24)(H,23,25)/t13-/m1/s1. The zero-order chi connectivity index (χ0) is 19.2. The molecule has 2 aromatic carbocycles. The first-order chi connectivity index (χ1) is 13.1. The highest BCUT2D eigenvalue weighted by molar-refractivity contribution is 6.03. The summed E-state index contributed by atoms with van der Waals surface area (Å²) < 4.78 is 5.20. The van der Waals surface area contributed by atoms with Gasteiger partial charge in [0.1, 0.15) is 0 Å². The van der Waals surface area contributed by atoms with Gasteiger partial charge in [-0.3, -0.25) is 25.4 Å². The lowest BCUT2D eigenvalue weighted by Crippen LogP contribution is -2.46. The van der Waals surface area contributed by atoms with Crippen LogP contribution >= 0.6 is 0 Å². The molecule has 1 aromatic heterocycles. The van der Waals surface area contributed by atoms with Crippen molar-refractivity contribution < 1.29 is 19.1 Å². The van der Waals surface area contributed by atoms with Gasteiger partial charge in [-0.2, -0.15) is 0 Å². The van der Waals surface area contributed by atoms with Crippen LogP contribution in [-0.2, 0) is 9.53 Å². The number of rotatable bonds is 4. The number of carbonyl (C=O) groups is 3. The molecule has 136 valence electrons. The smallest absolute Gasteiger partial charge is 0.341 e. The molecule has 0 radical (unpaired) electrons. The van der Waals surface area contributed by atoms with Crippen molar-refractivity contribution in [3.63, 3.8) is 0 Å². The summed E-state index contributed by atoms with van der Waals surface area (Å²) in [6, 6.07) is 17.1. The van der Waals surface area contributed by atoms with E-state index < -0.39 is 23.9 Å². The number of fused-ring (bicyclic) bond motifs is 1. The summed E-state index contributed by atoms with van der Waals surface area (Å²) in [4.78, 5) is 40.6. The summed E-state index contributed by atoms with van der Waals surface area (Å²) in [6.45, 7) is 1.42. The number of para-hydroxylation sites is 1. The molecule has 0 unspecified atom stereocenters. The van der Waals surface area contributed by atoms with Crippen LogP contribution in [0.5, 0.6) is 0 Å². The Morgan fingerprint density at radius 3 is 2.44 bits per heavy atom. The largest absolute Gasteiger partial charge is 0.449 e. The molecule has 3 rings (SSSR count). The normalized spacial score (nSPS) is 11.4. The lowest BCUT2D eigenvalue weighted by molar-refractivity contribution is -0.129. The Bertz CT molecular complexity index is 983. The van der Waals surface area contributed by atoms with Crippen molar-refractivity contribution in [1.29, 1.82) is 0 Å². The Morgan fingerprint density at radius 1 is 0.926 bits per heavy atom. The Labute approximate surface area is 155 Å². The van der Waals surface area contributed by atoms with Gasteiger partial charge >= 0.3 is 5.97 Å². The van der Waals surface area contributed by atoms with Crippen LogP contribution in [0.4, 0.5) is 0 Å². The molecule has 27 heavy (non-hydrogen) atoms. The van der Waals surface area contributed by atoms with Crippen molar-refractivity contribution in [1.82, 2.24) is 15.8 Å². The Balaban J connectivity index is 1.60. The van der Waals surface area contributed by atoms with Crippen molar-refractivity contribution in [2.24, 2.45) is 0 Å². The van der Waals surface area contributed by atoms with E-state index in [4.69, 9.17) is 4.74 Å². The molecule has 0 bridgehead atoms. The summed E-state index contributed by atoms with van der Waals surface area (Å²) in [6.07, 6.45) is 0.474. The maximum Gasteiger partial charge on any atom is 0.341 e. The molecule has 0 aliphatic heterocycles. The second kappa shape index (κ2) is 8.09. The summed E-state index contributed by atoms with van der Waals surface area (Å²) in [7, 11) is 0. The molecule has 2 N–H and O–H groups in total. The van der Waals surface area contributed by atoms with E-state index in [1.807, 2.05) is 12.1 Å². The number of hydrogen-bond donors (Lipinski definition) is 2. The molecule has 0 aliphatic carbocycles. The lowest BCUT2D eigenvalue weighted by Gasteiger charge is -2.14. The lowest BCUT2D eigenvalue weighted by atomic mass is 10.1. The van der Waals surface area contributed by atoms with Crippen molar-refractivity contribution in [3.8, 4) is 0 Å². The molecule has 0 spiro atoms. The highest BCUT2D eigenvalue weighted by Crippen LogP contribution is 2.17. The number of carbonyl (C=O) groups excluding carboxylic acids is 3. The third kappa shape index (κ3) is 4.27. The number of hydrazine groups is 1. The first-order valence-electron chi connectivity index (χ1n) is 8.26. The number of hydrogen-bond acceptors (Lipinski definition) is 5. The highest BCUT2D eigenvalue weighted by Gasteiger charge is 2.21. The molecule has 2 amide bonds. The number of nitrogens with one attached hydrogen (secondary N) is 2. The van der Waals surface area contributed by atoms with Gasteiger partial charge in [-0.1, -0.05) is 36.4 Å². The molecular weight excluding hydrogens is 346 g/mol. The van der Waals surface area contributed by atoms with Gasteiger partial charge in [0.2, 0.25) is 0 Å². The van der Waals surface area contributed by atoms with Gasteiger partial charge in [-0.15, -0.1) is 0 Å². The van der Waals surface area contributed by atoms with Gasteiger partial charge in [0.25, 0.3) is 11.8 Å². The van der Waals surface area contributed by atoms with E-state index in [1.54, 1.807) is 54.7 Å². The zero-order valence-corrected chi connectivity index (χ0v) is 14.5. The van der Waals surface area contributed by atoms with E-state index in [0.717, 1.165) is 5.39 Å². The van der Waals surface area contributed by atoms with Crippen molar-refractivity contribution >= 4 is 28.7 Å². The van der Waals surface area contributed by atoms with Gasteiger partial charge in [-0.25, -0.2) is 4.79 Å². The van der Waals surface area contributed by atoms with Crippen LogP contribution in [0.1, 0.15) is 27.6 Å². The molecular formula is C20H17N3O4. The van der Waals surface area contributed by atoms with Crippen LogP contribution in [-0.4, -0.2) is 28.9 Å². The maximum atomic E-state index is 12.4. The van der Waals surface area contributed by atoms with Crippen LogP contribution in [0, 0.1) is 0 Å². The number of esters is 1. The van der Waals surface area contributed by atoms with E-state index in [-0.39, 0.29) is 5.56 Å². The van der Waals surface area contributed by atoms with Gasteiger partial charge in [0, 0.05) is 17.1 Å². The number of benzene rings is 2. The fourth-order valence-electron chi connectivity index (χ4n) is 2.43. The van der Waals surface area contributed by atoms with Crippen LogP contribution in [0.15, 0.2) is 66.9 Å². The van der Waals surface area contributed by atoms with Crippen molar-refractivity contribution in [2.75, 3.05) is 0 Å². The van der Waals surface area contributed by atoms with Crippen LogP contribution < -0.4 is 10.9 Å². The molecule has 0 saturated carbocycles. The van der Waals surface area contributed by atoms with Gasteiger partial charge in [0.15, 0.2) is 6.10 Å².